The molecule has 0 aliphatic heterocycles. The predicted octanol–water partition coefficient (Wildman–Crippen LogP) is 3.00. The minimum absolute atomic E-state index is 0.0811. The highest BCUT2D eigenvalue weighted by Crippen LogP contribution is 2.25. The number of nitrogens with one attached hydrogen (secondary N) is 1. The number of sulfonamides is 1. The van der Waals surface area contributed by atoms with Crippen molar-refractivity contribution in [3.63, 3.8) is 0 Å². The van der Waals surface area contributed by atoms with Crippen LogP contribution >= 0.6 is 27.5 Å². The molecule has 0 atom stereocenters. The fraction of sp³-hybridized carbons (Fsp3) is 0.0909. The van der Waals surface area contributed by atoms with Gasteiger partial charge in [0.25, 0.3) is 10.0 Å². The Morgan fingerprint density at radius 1 is 1.37 bits per heavy atom. The summed E-state index contributed by atoms with van der Waals surface area (Å²) in [5, 5.41) is -0.0811. The van der Waals surface area contributed by atoms with Gasteiger partial charge in [0.15, 0.2) is 0 Å². The topological polar surface area (TPSA) is 72.0 Å². The lowest BCUT2D eigenvalue weighted by Crippen LogP contribution is -2.14. The maximum Gasteiger partial charge on any atom is 0.265 e. The average Bonchev–Trinajstić information content (AvgIpc) is 2.35. The van der Waals surface area contributed by atoms with Crippen molar-refractivity contribution in [1.29, 1.82) is 0 Å². The van der Waals surface area contributed by atoms with Crippen LogP contribution in [0.3, 0.4) is 0 Å². The minimum Gasteiger partial charge on any atom is -0.279 e. The zero-order chi connectivity index (χ0) is 14.0. The third kappa shape index (κ3) is 3.23. The maximum atomic E-state index is 12.3. The second kappa shape index (κ2) is 5.44. The lowest BCUT2D eigenvalue weighted by atomic mass is 10.3. The van der Waals surface area contributed by atoms with Crippen molar-refractivity contribution in [2.75, 3.05) is 4.72 Å². The quantitative estimate of drug-likeness (QED) is 0.852. The monoisotopic (exact) mass is 361 g/mol. The Morgan fingerprint density at radius 2 is 2.11 bits per heavy atom. The summed E-state index contributed by atoms with van der Waals surface area (Å²) < 4.78 is 27.5. The van der Waals surface area contributed by atoms with E-state index in [1.54, 1.807) is 19.2 Å². The highest BCUT2D eigenvalue weighted by atomic mass is 79.9. The molecule has 2 heterocycles. The van der Waals surface area contributed by atoms with Gasteiger partial charge in [-0.05, 0) is 40.5 Å². The molecule has 8 heteroatoms. The highest BCUT2D eigenvalue weighted by molar-refractivity contribution is 9.10. The molecule has 2 aromatic heterocycles. The maximum absolute atomic E-state index is 12.3. The third-order valence-electron chi connectivity index (χ3n) is 2.33. The number of nitrogens with zero attached hydrogens (tertiary/aromatic N) is 2. The van der Waals surface area contributed by atoms with Gasteiger partial charge in [-0.15, -0.1) is 0 Å². The largest absolute Gasteiger partial charge is 0.279 e. The Morgan fingerprint density at radius 3 is 2.79 bits per heavy atom. The Hall–Kier alpha value is -1.18. The van der Waals surface area contributed by atoms with Gasteiger partial charge in [0, 0.05) is 23.1 Å². The van der Waals surface area contributed by atoms with E-state index in [4.69, 9.17) is 11.6 Å². The number of rotatable bonds is 3. The Labute approximate surface area is 124 Å². The molecule has 0 aliphatic carbocycles. The van der Waals surface area contributed by atoms with Crippen molar-refractivity contribution < 1.29 is 8.42 Å². The molecule has 5 nitrogen and oxygen atoms in total. The molecule has 0 bridgehead atoms. The summed E-state index contributed by atoms with van der Waals surface area (Å²) in [6.07, 6.45) is 4.50. The van der Waals surface area contributed by atoms with Crippen LogP contribution in [-0.2, 0) is 10.0 Å². The summed E-state index contributed by atoms with van der Waals surface area (Å²) in [4.78, 5) is 7.61. The lowest BCUT2D eigenvalue weighted by Gasteiger charge is -2.10. The molecule has 19 heavy (non-hydrogen) atoms. The summed E-state index contributed by atoms with van der Waals surface area (Å²) >= 11 is 8.99. The first-order chi connectivity index (χ1) is 8.90. The third-order valence-corrected chi connectivity index (χ3v) is 4.55. The zero-order valence-corrected chi connectivity index (χ0v) is 12.9. The van der Waals surface area contributed by atoms with Crippen LogP contribution < -0.4 is 4.72 Å². The fourth-order valence-corrected chi connectivity index (χ4v) is 3.46. The molecule has 0 fully saturated rings. The van der Waals surface area contributed by atoms with Gasteiger partial charge in [0.1, 0.15) is 10.0 Å². The van der Waals surface area contributed by atoms with Crippen LogP contribution in [0.25, 0.3) is 0 Å². The van der Waals surface area contributed by atoms with E-state index >= 15 is 0 Å². The van der Waals surface area contributed by atoms with Crippen LogP contribution in [0.4, 0.5) is 5.69 Å². The predicted molar refractivity (Wildman–Crippen MR) is 76.7 cm³/mol. The van der Waals surface area contributed by atoms with Crippen molar-refractivity contribution in [2.24, 2.45) is 0 Å². The Kier molecular flexibility index (Phi) is 4.07. The van der Waals surface area contributed by atoms with E-state index in [0.29, 0.717) is 15.7 Å². The van der Waals surface area contributed by atoms with Crippen LogP contribution in [0, 0.1) is 6.92 Å². The summed E-state index contributed by atoms with van der Waals surface area (Å²) in [6.45, 7) is 1.76. The molecular formula is C11H9BrClN3O2S. The summed E-state index contributed by atoms with van der Waals surface area (Å²) in [7, 11) is -3.79. The standard InChI is InChI=1S/C11H9BrClN3O2S/c1-7-5-14-3-2-9(7)16-19(17,18)10-4-8(12)6-15-11(10)13/h2-6H,1H3,(H,14,16). The number of hydrogen-bond acceptors (Lipinski definition) is 4. The number of aryl methyl sites for hydroxylation is 1. The van der Waals surface area contributed by atoms with Crippen molar-refractivity contribution in [3.8, 4) is 0 Å². The molecule has 0 saturated carbocycles. The van der Waals surface area contributed by atoms with Gasteiger partial charge in [-0.1, -0.05) is 11.6 Å². The number of anilines is 1. The molecule has 0 aromatic carbocycles. The van der Waals surface area contributed by atoms with Gasteiger partial charge >= 0.3 is 0 Å². The molecule has 0 amide bonds. The van der Waals surface area contributed by atoms with E-state index < -0.39 is 10.0 Å². The van der Waals surface area contributed by atoms with Gasteiger partial charge in [-0.2, -0.15) is 0 Å². The van der Waals surface area contributed by atoms with Gasteiger partial charge < -0.3 is 0 Å². The summed E-state index contributed by atoms with van der Waals surface area (Å²) in [5.74, 6) is 0. The van der Waals surface area contributed by atoms with Crippen molar-refractivity contribution in [3.05, 3.63) is 45.9 Å². The van der Waals surface area contributed by atoms with Crippen molar-refractivity contribution in [2.45, 2.75) is 11.8 Å². The molecule has 0 unspecified atom stereocenters. The van der Waals surface area contributed by atoms with Gasteiger partial charge in [-0.3, -0.25) is 9.71 Å². The van der Waals surface area contributed by atoms with Crippen LogP contribution in [0.2, 0.25) is 5.15 Å². The molecule has 0 aliphatic rings. The summed E-state index contributed by atoms with van der Waals surface area (Å²) in [5.41, 5.74) is 1.16. The first-order valence-corrected chi connectivity index (χ1v) is 7.80. The highest BCUT2D eigenvalue weighted by Gasteiger charge is 2.20. The molecule has 0 saturated heterocycles. The fourth-order valence-electron chi connectivity index (χ4n) is 1.38. The van der Waals surface area contributed by atoms with E-state index in [0.717, 1.165) is 0 Å². The Balaban J connectivity index is 2.44. The van der Waals surface area contributed by atoms with Crippen LogP contribution in [0.15, 0.2) is 40.1 Å². The second-order valence-corrected chi connectivity index (χ2v) is 6.66. The molecule has 1 N–H and O–H groups in total. The number of pyridine rings is 2. The SMILES string of the molecule is Cc1cnccc1NS(=O)(=O)c1cc(Br)cnc1Cl. The van der Waals surface area contributed by atoms with E-state index in [9.17, 15) is 8.42 Å². The smallest absolute Gasteiger partial charge is 0.265 e. The molecule has 100 valence electrons. The van der Waals surface area contributed by atoms with Crippen LogP contribution in [0.5, 0.6) is 0 Å². The van der Waals surface area contributed by atoms with Crippen molar-refractivity contribution in [1.82, 2.24) is 9.97 Å². The number of halogens is 2. The van der Waals surface area contributed by atoms with Crippen molar-refractivity contribution >= 4 is 43.2 Å². The van der Waals surface area contributed by atoms with E-state index in [2.05, 4.69) is 30.6 Å². The number of hydrogen-bond donors (Lipinski definition) is 1. The van der Waals surface area contributed by atoms with Crippen LogP contribution in [-0.4, -0.2) is 18.4 Å². The molecule has 2 aromatic rings. The minimum atomic E-state index is -3.79. The van der Waals surface area contributed by atoms with Gasteiger partial charge in [-0.25, -0.2) is 13.4 Å². The number of aromatic nitrogens is 2. The van der Waals surface area contributed by atoms with Gasteiger partial charge in [0.2, 0.25) is 0 Å². The molecule has 2 rings (SSSR count). The Bertz CT molecular complexity index is 722. The van der Waals surface area contributed by atoms with E-state index in [1.165, 1.54) is 18.5 Å². The van der Waals surface area contributed by atoms with Gasteiger partial charge in [0.05, 0.1) is 5.69 Å². The van der Waals surface area contributed by atoms with Crippen LogP contribution in [0.1, 0.15) is 5.56 Å². The van der Waals surface area contributed by atoms with E-state index in [-0.39, 0.29) is 10.0 Å². The average molecular weight is 363 g/mol. The zero-order valence-electron chi connectivity index (χ0n) is 9.76. The first-order valence-electron chi connectivity index (χ1n) is 5.14. The normalized spacial score (nSPS) is 11.3. The lowest BCUT2D eigenvalue weighted by molar-refractivity contribution is 0.600. The first kappa shape index (κ1) is 14.2. The summed E-state index contributed by atoms with van der Waals surface area (Å²) in [6, 6.07) is 2.97. The second-order valence-electron chi connectivity index (χ2n) is 3.74. The molecular weight excluding hydrogens is 354 g/mol. The van der Waals surface area contributed by atoms with E-state index in [1.807, 2.05) is 0 Å². The molecule has 0 spiro atoms. The molecule has 0 radical (unpaired) electrons.